The number of hydrogen-bond acceptors (Lipinski definition) is 6. The lowest BCUT2D eigenvalue weighted by Gasteiger charge is -2.16. The molecule has 0 aromatic heterocycles. The van der Waals surface area contributed by atoms with E-state index >= 15 is 0 Å². The molecule has 0 saturated heterocycles. The van der Waals surface area contributed by atoms with Crippen LogP contribution >= 0.6 is 0 Å². The molecule has 0 aliphatic carbocycles. The van der Waals surface area contributed by atoms with Crippen LogP contribution in [0.1, 0.15) is 6.92 Å². The number of nitro benzene ring substituents is 1. The molecule has 0 spiro atoms. The standard InChI is InChI=1S/C16H17N3O5S/c1-11(16(20)18-12-6-4-3-5-7-12)17-13-8-9-14(19(21)22)15(10-13)25(2,23)24/h3-11,17H,1-2H3,(H,18,20). The molecule has 0 bridgehead atoms. The molecule has 0 radical (unpaired) electrons. The Kier molecular flexibility index (Phi) is 5.38. The lowest BCUT2D eigenvalue weighted by atomic mass is 10.2. The van der Waals surface area contributed by atoms with Crippen LogP contribution in [0, 0.1) is 10.1 Å². The number of benzene rings is 2. The number of rotatable bonds is 6. The van der Waals surface area contributed by atoms with Gasteiger partial charge in [-0.1, -0.05) is 18.2 Å². The predicted molar refractivity (Wildman–Crippen MR) is 94.4 cm³/mol. The Morgan fingerprint density at radius 1 is 1.12 bits per heavy atom. The number of amides is 1. The maximum atomic E-state index is 12.2. The van der Waals surface area contributed by atoms with Crippen LogP contribution in [-0.2, 0) is 14.6 Å². The molecular weight excluding hydrogens is 346 g/mol. The molecule has 2 aromatic rings. The van der Waals surface area contributed by atoms with Crippen molar-refractivity contribution in [1.29, 1.82) is 0 Å². The van der Waals surface area contributed by atoms with E-state index in [2.05, 4.69) is 10.6 Å². The van der Waals surface area contributed by atoms with Crippen LogP contribution < -0.4 is 10.6 Å². The largest absolute Gasteiger partial charge is 0.374 e. The van der Waals surface area contributed by atoms with Crippen LogP contribution in [0.4, 0.5) is 17.1 Å². The van der Waals surface area contributed by atoms with Crippen LogP contribution in [0.5, 0.6) is 0 Å². The van der Waals surface area contributed by atoms with E-state index in [1.54, 1.807) is 31.2 Å². The first-order chi connectivity index (χ1) is 11.7. The number of nitrogens with zero attached hydrogens (tertiary/aromatic N) is 1. The van der Waals surface area contributed by atoms with E-state index in [4.69, 9.17) is 0 Å². The summed E-state index contributed by atoms with van der Waals surface area (Å²) in [5, 5.41) is 16.5. The second-order valence-electron chi connectivity index (χ2n) is 5.43. The van der Waals surface area contributed by atoms with E-state index in [-0.39, 0.29) is 5.91 Å². The third-order valence-corrected chi connectivity index (χ3v) is 4.50. The Balaban J connectivity index is 2.19. The van der Waals surface area contributed by atoms with Gasteiger partial charge in [0, 0.05) is 23.7 Å². The zero-order valence-electron chi connectivity index (χ0n) is 13.6. The Morgan fingerprint density at radius 3 is 2.32 bits per heavy atom. The van der Waals surface area contributed by atoms with Crippen molar-refractivity contribution in [1.82, 2.24) is 0 Å². The number of carbonyl (C=O) groups excluding carboxylic acids is 1. The lowest BCUT2D eigenvalue weighted by Crippen LogP contribution is -2.31. The van der Waals surface area contributed by atoms with Crippen molar-refractivity contribution in [2.45, 2.75) is 17.9 Å². The van der Waals surface area contributed by atoms with Crippen molar-refractivity contribution < 1.29 is 18.1 Å². The van der Waals surface area contributed by atoms with E-state index in [0.29, 0.717) is 11.4 Å². The number of para-hydroxylation sites is 1. The highest BCUT2D eigenvalue weighted by atomic mass is 32.2. The second-order valence-corrected chi connectivity index (χ2v) is 7.42. The van der Waals surface area contributed by atoms with Crippen molar-refractivity contribution in [2.24, 2.45) is 0 Å². The van der Waals surface area contributed by atoms with Gasteiger partial charge in [0.25, 0.3) is 5.69 Å². The fourth-order valence-electron chi connectivity index (χ4n) is 2.14. The first-order valence-electron chi connectivity index (χ1n) is 7.29. The molecule has 8 nitrogen and oxygen atoms in total. The van der Waals surface area contributed by atoms with E-state index in [9.17, 15) is 23.3 Å². The highest BCUT2D eigenvalue weighted by molar-refractivity contribution is 7.90. The van der Waals surface area contributed by atoms with Gasteiger partial charge in [-0.3, -0.25) is 14.9 Å². The summed E-state index contributed by atoms with van der Waals surface area (Å²) in [6, 6.07) is 11.8. The topological polar surface area (TPSA) is 118 Å². The zero-order valence-corrected chi connectivity index (χ0v) is 14.4. The van der Waals surface area contributed by atoms with Crippen molar-refractivity contribution in [2.75, 3.05) is 16.9 Å². The summed E-state index contributed by atoms with van der Waals surface area (Å²) in [6.07, 6.45) is 0.894. The Morgan fingerprint density at radius 2 is 1.76 bits per heavy atom. The van der Waals surface area contributed by atoms with Crippen molar-refractivity contribution in [3.05, 3.63) is 58.6 Å². The van der Waals surface area contributed by atoms with E-state index in [0.717, 1.165) is 18.4 Å². The van der Waals surface area contributed by atoms with Gasteiger partial charge in [0.1, 0.15) is 10.9 Å². The summed E-state index contributed by atoms with van der Waals surface area (Å²) in [4.78, 5) is 22.0. The Hall–Kier alpha value is -2.94. The number of carbonyl (C=O) groups is 1. The van der Waals surface area contributed by atoms with Gasteiger partial charge in [-0.25, -0.2) is 8.42 Å². The molecule has 0 fully saturated rings. The van der Waals surface area contributed by atoms with Crippen molar-refractivity contribution >= 4 is 32.8 Å². The van der Waals surface area contributed by atoms with Crippen molar-refractivity contribution in [3.63, 3.8) is 0 Å². The minimum atomic E-state index is -3.79. The molecule has 132 valence electrons. The molecule has 9 heteroatoms. The zero-order chi connectivity index (χ0) is 18.6. The number of nitrogens with one attached hydrogen (secondary N) is 2. The summed E-state index contributed by atoms with van der Waals surface area (Å²) < 4.78 is 23.5. The highest BCUT2D eigenvalue weighted by Crippen LogP contribution is 2.27. The molecule has 25 heavy (non-hydrogen) atoms. The van der Waals surface area contributed by atoms with Gasteiger partial charge in [-0.2, -0.15) is 0 Å². The van der Waals surface area contributed by atoms with Gasteiger partial charge in [-0.15, -0.1) is 0 Å². The molecule has 1 atom stereocenters. The molecule has 0 saturated carbocycles. The minimum absolute atomic E-state index is 0.293. The Bertz CT molecular complexity index is 897. The molecule has 0 aliphatic rings. The molecular formula is C16H17N3O5S. The predicted octanol–water partition coefficient (Wildman–Crippen LogP) is 2.44. The van der Waals surface area contributed by atoms with Gasteiger partial charge in [0.15, 0.2) is 9.84 Å². The van der Waals surface area contributed by atoms with Crippen molar-refractivity contribution in [3.8, 4) is 0 Å². The molecule has 0 heterocycles. The molecule has 2 rings (SSSR count). The van der Waals surface area contributed by atoms with Crippen LogP contribution in [0.25, 0.3) is 0 Å². The summed E-state index contributed by atoms with van der Waals surface area (Å²) >= 11 is 0. The highest BCUT2D eigenvalue weighted by Gasteiger charge is 2.23. The van der Waals surface area contributed by atoms with Crippen LogP contribution in [0.2, 0.25) is 0 Å². The normalized spacial score (nSPS) is 12.2. The van der Waals surface area contributed by atoms with Gasteiger partial charge in [0.05, 0.1) is 4.92 Å². The van der Waals surface area contributed by atoms with E-state index in [1.807, 2.05) is 6.07 Å². The van der Waals surface area contributed by atoms with Crippen LogP contribution in [0.15, 0.2) is 53.4 Å². The van der Waals surface area contributed by atoms with Gasteiger partial charge in [-0.05, 0) is 31.2 Å². The van der Waals surface area contributed by atoms with Crippen LogP contribution in [0.3, 0.4) is 0 Å². The Labute approximate surface area is 144 Å². The SMILES string of the molecule is CC(Nc1ccc([N+](=O)[O-])c(S(C)(=O)=O)c1)C(=O)Nc1ccccc1. The summed E-state index contributed by atoms with van der Waals surface area (Å²) in [7, 11) is -3.79. The van der Waals surface area contributed by atoms with E-state index in [1.165, 1.54) is 6.07 Å². The molecule has 1 unspecified atom stereocenters. The third-order valence-electron chi connectivity index (χ3n) is 3.37. The smallest absolute Gasteiger partial charge is 0.288 e. The number of anilines is 2. The molecule has 1 amide bonds. The average Bonchev–Trinajstić information content (AvgIpc) is 2.54. The quantitative estimate of drug-likeness (QED) is 0.601. The molecule has 0 aliphatic heterocycles. The van der Waals surface area contributed by atoms with Gasteiger partial charge >= 0.3 is 0 Å². The maximum absolute atomic E-state index is 12.2. The van der Waals surface area contributed by atoms with Crippen LogP contribution in [-0.4, -0.2) is 31.5 Å². The molecule has 2 N–H and O–H groups in total. The summed E-state index contributed by atoms with van der Waals surface area (Å²) in [5.74, 6) is -0.328. The second kappa shape index (κ2) is 7.31. The van der Waals surface area contributed by atoms with E-state index < -0.39 is 31.4 Å². The lowest BCUT2D eigenvalue weighted by molar-refractivity contribution is -0.387. The fraction of sp³-hybridized carbons (Fsp3) is 0.188. The first-order valence-corrected chi connectivity index (χ1v) is 9.18. The van der Waals surface area contributed by atoms with Gasteiger partial charge < -0.3 is 10.6 Å². The average molecular weight is 363 g/mol. The number of hydrogen-bond donors (Lipinski definition) is 2. The monoisotopic (exact) mass is 363 g/mol. The summed E-state index contributed by atoms with van der Waals surface area (Å²) in [5.41, 5.74) is 0.415. The molecule has 2 aromatic carbocycles. The minimum Gasteiger partial charge on any atom is -0.374 e. The number of nitro groups is 1. The number of sulfone groups is 1. The summed E-state index contributed by atoms with van der Waals surface area (Å²) in [6.45, 7) is 1.60. The fourth-order valence-corrected chi connectivity index (χ4v) is 3.00. The first kappa shape index (κ1) is 18.4. The van der Waals surface area contributed by atoms with Gasteiger partial charge in [0.2, 0.25) is 5.91 Å². The maximum Gasteiger partial charge on any atom is 0.288 e. The third kappa shape index (κ3) is 4.77.